The summed E-state index contributed by atoms with van der Waals surface area (Å²) in [6.45, 7) is 5.22. The SMILES string of the molecule is CC1CN(S(=O)(=O)CCCl)CC(C)N1C. The fourth-order valence-electron chi connectivity index (χ4n) is 1.81. The maximum atomic E-state index is 11.8. The van der Waals surface area contributed by atoms with Gasteiger partial charge in [0.25, 0.3) is 0 Å². The summed E-state index contributed by atoms with van der Waals surface area (Å²) in [6, 6.07) is 0.526. The summed E-state index contributed by atoms with van der Waals surface area (Å²) in [5, 5.41) is 0. The summed E-state index contributed by atoms with van der Waals surface area (Å²) in [7, 11) is -1.12. The van der Waals surface area contributed by atoms with Gasteiger partial charge in [0, 0.05) is 31.1 Å². The van der Waals surface area contributed by atoms with E-state index < -0.39 is 10.0 Å². The molecule has 1 fully saturated rings. The van der Waals surface area contributed by atoms with Crippen LogP contribution >= 0.6 is 11.6 Å². The van der Waals surface area contributed by atoms with E-state index in [2.05, 4.69) is 4.90 Å². The third kappa shape index (κ3) is 3.06. The molecule has 4 nitrogen and oxygen atoms in total. The lowest BCUT2D eigenvalue weighted by molar-refractivity contribution is 0.105. The Morgan fingerprint density at radius 3 is 2.13 bits per heavy atom. The van der Waals surface area contributed by atoms with Crippen LogP contribution in [0.25, 0.3) is 0 Å². The first-order valence-electron chi connectivity index (χ1n) is 5.14. The molecule has 90 valence electrons. The number of nitrogens with zero attached hydrogens (tertiary/aromatic N) is 2. The summed E-state index contributed by atoms with van der Waals surface area (Å²) < 4.78 is 25.2. The number of rotatable bonds is 3. The molecule has 0 bridgehead atoms. The smallest absolute Gasteiger partial charge is 0.215 e. The van der Waals surface area contributed by atoms with Crippen molar-refractivity contribution in [2.75, 3.05) is 31.8 Å². The molecule has 1 heterocycles. The number of alkyl halides is 1. The molecular formula is C9H19ClN2O2S. The minimum atomic E-state index is -3.15. The van der Waals surface area contributed by atoms with Crippen molar-refractivity contribution in [3.05, 3.63) is 0 Å². The van der Waals surface area contributed by atoms with Crippen molar-refractivity contribution >= 4 is 21.6 Å². The van der Waals surface area contributed by atoms with E-state index in [9.17, 15) is 8.42 Å². The van der Waals surface area contributed by atoms with E-state index in [1.54, 1.807) is 4.31 Å². The van der Waals surface area contributed by atoms with E-state index >= 15 is 0 Å². The predicted molar refractivity (Wildman–Crippen MR) is 62.8 cm³/mol. The molecule has 2 atom stereocenters. The fourth-order valence-corrected chi connectivity index (χ4v) is 3.73. The highest BCUT2D eigenvalue weighted by Gasteiger charge is 2.32. The maximum absolute atomic E-state index is 11.8. The second kappa shape index (κ2) is 4.99. The molecule has 0 radical (unpaired) electrons. The highest BCUT2D eigenvalue weighted by atomic mass is 35.5. The Morgan fingerprint density at radius 1 is 1.27 bits per heavy atom. The number of hydrogen-bond donors (Lipinski definition) is 0. The van der Waals surface area contributed by atoms with Gasteiger partial charge in [0.1, 0.15) is 0 Å². The molecular weight excluding hydrogens is 236 g/mol. The molecule has 0 N–H and O–H groups in total. The summed E-state index contributed by atoms with van der Waals surface area (Å²) in [4.78, 5) is 2.20. The van der Waals surface area contributed by atoms with E-state index in [0.717, 1.165) is 0 Å². The molecule has 0 aromatic heterocycles. The Labute approximate surface area is 97.2 Å². The average Bonchev–Trinajstić information content (AvgIpc) is 2.13. The van der Waals surface area contributed by atoms with Crippen molar-refractivity contribution in [1.82, 2.24) is 9.21 Å². The number of halogens is 1. The number of likely N-dealkylation sites (N-methyl/N-ethyl adjacent to an activating group) is 1. The summed E-state index contributed by atoms with van der Waals surface area (Å²) in [6.07, 6.45) is 0. The lowest BCUT2D eigenvalue weighted by Gasteiger charge is -2.41. The Morgan fingerprint density at radius 2 is 1.73 bits per heavy atom. The molecule has 1 rings (SSSR count). The normalized spacial score (nSPS) is 30.7. The van der Waals surface area contributed by atoms with Crippen LogP contribution in [0.15, 0.2) is 0 Å². The van der Waals surface area contributed by atoms with Crippen molar-refractivity contribution < 1.29 is 8.42 Å². The van der Waals surface area contributed by atoms with Gasteiger partial charge in [-0.1, -0.05) is 0 Å². The lowest BCUT2D eigenvalue weighted by Crippen LogP contribution is -2.56. The second-order valence-electron chi connectivity index (χ2n) is 4.19. The van der Waals surface area contributed by atoms with Gasteiger partial charge in [0.05, 0.1) is 5.75 Å². The van der Waals surface area contributed by atoms with Crippen LogP contribution < -0.4 is 0 Å². The van der Waals surface area contributed by atoms with E-state index in [0.29, 0.717) is 13.1 Å². The lowest BCUT2D eigenvalue weighted by atomic mass is 10.1. The van der Waals surface area contributed by atoms with Crippen LogP contribution in [0.5, 0.6) is 0 Å². The zero-order chi connectivity index (χ0) is 11.6. The zero-order valence-electron chi connectivity index (χ0n) is 9.48. The van der Waals surface area contributed by atoms with Crippen LogP contribution in [0.4, 0.5) is 0 Å². The molecule has 0 amide bonds. The van der Waals surface area contributed by atoms with Crippen molar-refractivity contribution in [3.63, 3.8) is 0 Å². The van der Waals surface area contributed by atoms with Crippen molar-refractivity contribution in [2.24, 2.45) is 0 Å². The molecule has 6 heteroatoms. The van der Waals surface area contributed by atoms with Crippen LogP contribution in [0.1, 0.15) is 13.8 Å². The highest BCUT2D eigenvalue weighted by molar-refractivity contribution is 7.89. The van der Waals surface area contributed by atoms with Crippen molar-refractivity contribution in [2.45, 2.75) is 25.9 Å². The van der Waals surface area contributed by atoms with Gasteiger partial charge in [0.15, 0.2) is 0 Å². The standard InChI is InChI=1S/C9H19ClN2O2S/c1-8-6-12(7-9(2)11(8)3)15(13,14)5-4-10/h8-9H,4-7H2,1-3H3. The Hall–Kier alpha value is 0.160. The molecule has 1 saturated heterocycles. The van der Waals surface area contributed by atoms with Crippen LogP contribution in [-0.2, 0) is 10.0 Å². The molecule has 15 heavy (non-hydrogen) atoms. The second-order valence-corrected chi connectivity index (χ2v) is 6.65. The molecule has 1 aliphatic heterocycles. The first-order chi connectivity index (χ1) is 6.88. The third-order valence-corrected chi connectivity index (χ3v) is 5.27. The predicted octanol–water partition coefficient (Wildman–Crippen LogP) is 0.579. The fraction of sp³-hybridized carbons (Fsp3) is 1.00. The van der Waals surface area contributed by atoms with Gasteiger partial charge in [-0.25, -0.2) is 8.42 Å². The Balaban J connectivity index is 2.74. The highest BCUT2D eigenvalue weighted by Crippen LogP contribution is 2.16. The van der Waals surface area contributed by atoms with Gasteiger partial charge in [-0.3, -0.25) is 4.90 Å². The summed E-state index contributed by atoms with van der Waals surface area (Å²) in [5.74, 6) is 0.204. The van der Waals surface area contributed by atoms with Crippen molar-refractivity contribution in [3.8, 4) is 0 Å². The van der Waals surface area contributed by atoms with E-state index in [4.69, 9.17) is 11.6 Å². The first kappa shape index (κ1) is 13.2. The van der Waals surface area contributed by atoms with Crippen LogP contribution in [-0.4, -0.2) is 61.5 Å². The molecule has 1 aliphatic rings. The van der Waals surface area contributed by atoms with Gasteiger partial charge in [-0.15, -0.1) is 11.6 Å². The van der Waals surface area contributed by atoms with Gasteiger partial charge < -0.3 is 0 Å². The van der Waals surface area contributed by atoms with E-state index in [1.165, 1.54) is 0 Å². The monoisotopic (exact) mass is 254 g/mol. The van der Waals surface area contributed by atoms with Gasteiger partial charge in [-0.05, 0) is 20.9 Å². The summed E-state index contributed by atoms with van der Waals surface area (Å²) >= 11 is 5.49. The first-order valence-corrected chi connectivity index (χ1v) is 7.28. The quantitative estimate of drug-likeness (QED) is 0.692. The molecule has 0 saturated carbocycles. The number of hydrogen-bond acceptors (Lipinski definition) is 3. The number of sulfonamides is 1. The molecule has 0 aromatic rings. The van der Waals surface area contributed by atoms with E-state index in [1.807, 2.05) is 20.9 Å². The van der Waals surface area contributed by atoms with Gasteiger partial charge >= 0.3 is 0 Å². The molecule has 0 spiro atoms. The van der Waals surface area contributed by atoms with Gasteiger partial charge in [0.2, 0.25) is 10.0 Å². The maximum Gasteiger partial charge on any atom is 0.215 e. The minimum Gasteiger partial charge on any atom is -0.298 e. The summed E-state index contributed by atoms with van der Waals surface area (Å²) in [5.41, 5.74) is 0. The van der Waals surface area contributed by atoms with Crippen LogP contribution in [0.3, 0.4) is 0 Å². The Kier molecular flexibility index (Phi) is 4.40. The van der Waals surface area contributed by atoms with Crippen molar-refractivity contribution in [1.29, 1.82) is 0 Å². The third-order valence-electron chi connectivity index (χ3n) is 3.05. The van der Waals surface area contributed by atoms with Crippen LogP contribution in [0, 0.1) is 0 Å². The molecule has 2 unspecified atom stereocenters. The topological polar surface area (TPSA) is 40.6 Å². The average molecular weight is 255 g/mol. The zero-order valence-corrected chi connectivity index (χ0v) is 11.1. The Bertz CT molecular complexity index is 295. The van der Waals surface area contributed by atoms with Crippen LogP contribution in [0.2, 0.25) is 0 Å². The van der Waals surface area contributed by atoms with Gasteiger partial charge in [-0.2, -0.15) is 4.31 Å². The molecule has 0 aromatic carbocycles. The molecule has 0 aliphatic carbocycles. The van der Waals surface area contributed by atoms with E-state index in [-0.39, 0.29) is 23.7 Å². The minimum absolute atomic E-state index is 0.0394. The number of piperazine rings is 1. The largest absolute Gasteiger partial charge is 0.298 e.